The fraction of sp³-hybridized carbons (Fsp3) is 1.00. The van der Waals surface area contributed by atoms with Gasteiger partial charge in [0.2, 0.25) is 0 Å². The summed E-state index contributed by atoms with van der Waals surface area (Å²) in [4.78, 5) is 0. The summed E-state index contributed by atoms with van der Waals surface area (Å²) in [6, 6.07) is 0. The molecule has 0 aromatic rings. The normalized spacial score (nSPS) is 46.2. The van der Waals surface area contributed by atoms with Gasteiger partial charge in [0.05, 0.1) is 11.7 Å². The zero-order valence-corrected chi connectivity index (χ0v) is 14.1. The van der Waals surface area contributed by atoms with Crippen molar-refractivity contribution in [3.05, 3.63) is 0 Å². The van der Waals surface area contributed by atoms with Crippen LogP contribution in [0.2, 0.25) is 0 Å². The first-order valence-corrected chi connectivity index (χ1v) is 8.21. The summed E-state index contributed by atoms with van der Waals surface area (Å²) in [7, 11) is 1.71. The van der Waals surface area contributed by atoms with Crippen LogP contribution in [0.4, 0.5) is 0 Å². The fourth-order valence-corrected chi connectivity index (χ4v) is 4.21. The smallest absolute Gasteiger partial charge is 0.190 e. The van der Waals surface area contributed by atoms with Crippen LogP contribution in [0.15, 0.2) is 0 Å². The van der Waals surface area contributed by atoms with Crippen molar-refractivity contribution in [1.29, 1.82) is 0 Å². The second-order valence-corrected chi connectivity index (χ2v) is 7.36. The first kappa shape index (κ1) is 16.3. The largest absolute Gasteiger partial charge is 0.379 e. The summed E-state index contributed by atoms with van der Waals surface area (Å²) in [5.74, 6) is 1.50. The van der Waals surface area contributed by atoms with E-state index in [9.17, 15) is 0 Å². The van der Waals surface area contributed by atoms with Gasteiger partial charge >= 0.3 is 0 Å². The van der Waals surface area contributed by atoms with E-state index in [2.05, 4.69) is 27.7 Å². The Morgan fingerprint density at radius 2 is 2.00 bits per heavy atom. The molecule has 0 aromatic heterocycles. The average molecular weight is 284 g/mol. The van der Waals surface area contributed by atoms with Gasteiger partial charge in [0.15, 0.2) is 5.79 Å². The van der Waals surface area contributed by atoms with Crippen LogP contribution in [0.3, 0.4) is 0 Å². The second-order valence-electron chi connectivity index (χ2n) is 7.36. The molecule has 2 fully saturated rings. The molecule has 2 aliphatic rings. The van der Waals surface area contributed by atoms with E-state index in [1.165, 1.54) is 19.3 Å². The van der Waals surface area contributed by atoms with E-state index in [1.807, 2.05) is 6.92 Å². The number of ether oxygens (including phenoxy) is 3. The highest BCUT2D eigenvalue weighted by atomic mass is 16.8. The minimum atomic E-state index is -0.578. The minimum absolute atomic E-state index is 0.157. The van der Waals surface area contributed by atoms with Gasteiger partial charge in [0, 0.05) is 7.11 Å². The lowest BCUT2D eigenvalue weighted by Crippen LogP contribution is -2.49. The van der Waals surface area contributed by atoms with Gasteiger partial charge in [-0.3, -0.25) is 0 Å². The minimum Gasteiger partial charge on any atom is -0.379 e. The van der Waals surface area contributed by atoms with Gasteiger partial charge in [-0.25, -0.2) is 0 Å². The molecular formula is C17H32O3. The van der Waals surface area contributed by atoms with Gasteiger partial charge in [-0.15, -0.1) is 0 Å². The number of rotatable bonds is 5. The highest BCUT2D eigenvalue weighted by Gasteiger charge is 2.57. The van der Waals surface area contributed by atoms with Crippen molar-refractivity contribution in [2.45, 2.75) is 77.8 Å². The molecule has 0 unspecified atom stereocenters. The predicted molar refractivity (Wildman–Crippen MR) is 80.6 cm³/mol. The number of hydrogen-bond acceptors (Lipinski definition) is 3. The van der Waals surface area contributed by atoms with E-state index >= 15 is 0 Å². The van der Waals surface area contributed by atoms with E-state index in [-0.39, 0.29) is 11.7 Å². The van der Waals surface area contributed by atoms with Crippen LogP contribution >= 0.6 is 0 Å². The maximum absolute atomic E-state index is 6.33. The summed E-state index contributed by atoms with van der Waals surface area (Å²) < 4.78 is 17.9. The standard InChI is InChI=1S/C17H32O3/c1-7-8-12(2)14-9-13(3)17(5)15(10-14)19-16(4,20-17)11-18-6/h12-15H,7-11H2,1-6H3/t12-,13-,14+,15+,16+,17-/m1/s1. The topological polar surface area (TPSA) is 27.7 Å². The highest BCUT2D eigenvalue weighted by Crippen LogP contribution is 2.51. The van der Waals surface area contributed by atoms with Crippen molar-refractivity contribution in [1.82, 2.24) is 0 Å². The van der Waals surface area contributed by atoms with Crippen LogP contribution in [0, 0.1) is 17.8 Å². The fourth-order valence-electron chi connectivity index (χ4n) is 4.21. The van der Waals surface area contributed by atoms with Gasteiger partial charge in [-0.2, -0.15) is 0 Å². The van der Waals surface area contributed by atoms with Crippen molar-refractivity contribution in [3.8, 4) is 0 Å². The number of fused-ring (bicyclic) bond motifs is 1. The Balaban J connectivity index is 2.10. The Morgan fingerprint density at radius 3 is 2.60 bits per heavy atom. The van der Waals surface area contributed by atoms with Gasteiger partial charge < -0.3 is 14.2 Å². The molecule has 3 nitrogen and oxygen atoms in total. The SMILES string of the molecule is CCC[C@@H](C)[C@H]1C[C@@H](C)[C@@]2(C)O[C@@](C)(COC)O[C@H]2C1. The molecule has 20 heavy (non-hydrogen) atoms. The van der Waals surface area contributed by atoms with Crippen LogP contribution in [0.25, 0.3) is 0 Å². The van der Waals surface area contributed by atoms with Crippen molar-refractivity contribution >= 4 is 0 Å². The molecule has 0 N–H and O–H groups in total. The molecule has 2 rings (SSSR count). The molecule has 3 heteroatoms. The van der Waals surface area contributed by atoms with Crippen molar-refractivity contribution in [2.24, 2.45) is 17.8 Å². The number of hydrogen-bond donors (Lipinski definition) is 0. The zero-order valence-electron chi connectivity index (χ0n) is 14.1. The van der Waals surface area contributed by atoms with Crippen molar-refractivity contribution in [3.63, 3.8) is 0 Å². The van der Waals surface area contributed by atoms with Crippen molar-refractivity contribution in [2.75, 3.05) is 13.7 Å². The summed E-state index contributed by atoms with van der Waals surface area (Å²) >= 11 is 0. The second kappa shape index (κ2) is 5.94. The molecular weight excluding hydrogens is 252 g/mol. The lowest BCUT2D eigenvalue weighted by molar-refractivity contribution is -0.206. The maximum atomic E-state index is 6.33. The Labute approximate surface area is 124 Å². The van der Waals surface area contributed by atoms with Gasteiger partial charge in [0.25, 0.3) is 0 Å². The van der Waals surface area contributed by atoms with E-state index in [1.54, 1.807) is 7.11 Å². The molecule has 1 heterocycles. The lowest BCUT2D eigenvalue weighted by Gasteiger charge is -2.44. The molecule has 1 aliphatic carbocycles. The monoisotopic (exact) mass is 284 g/mol. The summed E-state index contributed by atoms with van der Waals surface area (Å²) in [6.07, 6.45) is 5.17. The molecule has 118 valence electrons. The average Bonchev–Trinajstić information content (AvgIpc) is 2.62. The van der Waals surface area contributed by atoms with Gasteiger partial charge in [0.1, 0.15) is 6.61 Å². The third kappa shape index (κ3) is 2.90. The third-order valence-electron chi connectivity index (χ3n) is 5.57. The first-order chi connectivity index (χ1) is 9.34. The van der Waals surface area contributed by atoms with Crippen LogP contribution in [-0.4, -0.2) is 31.2 Å². The predicted octanol–water partition coefficient (Wildman–Crippen LogP) is 4.01. The molecule has 0 spiro atoms. The van der Waals surface area contributed by atoms with Gasteiger partial charge in [-0.05, 0) is 44.4 Å². The van der Waals surface area contributed by atoms with Crippen LogP contribution < -0.4 is 0 Å². The Kier molecular flexibility index (Phi) is 4.83. The number of methoxy groups -OCH3 is 1. The molecule has 0 amide bonds. The molecule has 1 saturated heterocycles. The molecule has 6 atom stereocenters. The maximum Gasteiger partial charge on any atom is 0.190 e. The third-order valence-corrected chi connectivity index (χ3v) is 5.57. The van der Waals surface area contributed by atoms with Crippen molar-refractivity contribution < 1.29 is 14.2 Å². The Bertz CT molecular complexity index is 332. The summed E-state index contributed by atoms with van der Waals surface area (Å²) in [5.41, 5.74) is -0.157. The molecule has 0 aromatic carbocycles. The van der Waals surface area contributed by atoms with Crippen LogP contribution in [0.5, 0.6) is 0 Å². The molecule has 1 saturated carbocycles. The van der Waals surface area contributed by atoms with Crippen LogP contribution in [0.1, 0.15) is 60.3 Å². The highest BCUT2D eigenvalue weighted by molar-refractivity contribution is 5.02. The van der Waals surface area contributed by atoms with Crippen LogP contribution in [-0.2, 0) is 14.2 Å². The first-order valence-electron chi connectivity index (χ1n) is 8.21. The zero-order chi connectivity index (χ0) is 15.0. The van der Waals surface area contributed by atoms with E-state index in [4.69, 9.17) is 14.2 Å². The lowest BCUT2D eigenvalue weighted by atomic mass is 9.67. The molecule has 0 bridgehead atoms. The Morgan fingerprint density at radius 1 is 1.30 bits per heavy atom. The molecule has 0 radical (unpaired) electrons. The quantitative estimate of drug-likeness (QED) is 0.763. The molecule has 1 aliphatic heterocycles. The van der Waals surface area contributed by atoms with E-state index < -0.39 is 5.79 Å². The summed E-state index contributed by atoms with van der Waals surface area (Å²) in [5, 5.41) is 0. The van der Waals surface area contributed by atoms with Gasteiger partial charge in [-0.1, -0.05) is 33.6 Å². The summed E-state index contributed by atoms with van der Waals surface area (Å²) in [6.45, 7) is 11.7. The Hall–Kier alpha value is -0.120. The van der Waals surface area contributed by atoms with E-state index in [0.717, 1.165) is 18.3 Å². The van der Waals surface area contributed by atoms with E-state index in [0.29, 0.717) is 12.5 Å².